The fraction of sp³-hybridized carbons (Fsp3) is 0.562. The molecule has 5 heteroatoms. The number of nitrogens with zero attached hydrogens (tertiary/aromatic N) is 4. The van der Waals surface area contributed by atoms with Crippen LogP contribution < -0.4 is 0 Å². The largest absolute Gasteiger partial charge is 0.301 e. The monoisotopic (exact) mass is 302 g/mol. The zero-order valence-electron chi connectivity index (χ0n) is 12.9. The van der Waals surface area contributed by atoms with Gasteiger partial charge in [-0.25, -0.2) is 9.97 Å². The zero-order chi connectivity index (χ0) is 14.8. The van der Waals surface area contributed by atoms with Gasteiger partial charge in [-0.15, -0.1) is 11.3 Å². The fourth-order valence-electron chi connectivity index (χ4n) is 2.95. The first-order valence-electron chi connectivity index (χ1n) is 7.61. The quantitative estimate of drug-likeness (QED) is 0.870. The summed E-state index contributed by atoms with van der Waals surface area (Å²) in [6, 6.07) is 0.642. The van der Waals surface area contributed by atoms with Crippen molar-refractivity contribution < 1.29 is 0 Å². The summed E-state index contributed by atoms with van der Waals surface area (Å²) in [6.45, 7) is 8.89. The molecule has 1 aliphatic rings. The number of aromatic nitrogens is 3. The van der Waals surface area contributed by atoms with Crippen LogP contribution in [-0.4, -0.2) is 39.0 Å². The molecule has 0 unspecified atom stereocenters. The van der Waals surface area contributed by atoms with Gasteiger partial charge < -0.3 is 4.90 Å². The van der Waals surface area contributed by atoms with Crippen molar-refractivity contribution in [1.29, 1.82) is 0 Å². The lowest BCUT2D eigenvalue weighted by atomic mass is 9.93. The highest BCUT2D eigenvalue weighted by Gasteiger charge is 2.23. The molecule has 0 spiro atoms. The lowest BCUT2D eigenvalue weighted by Crippen LogP contribution is -2.38. The average Bonchev–Trinajstić information content (AvgIpc) is 2.94. The summed E-state index contributed by atoms with van der Waals surface area (Å²) in [6.07, 6.45) is 6.15. The first-order valence-corrected chi connectivity index (χ1v) is 8.49. The molecule has 0 radical (unpaired) electrons. The van der Waals surface area contributed by atoms with Crippen LogP contribution in [0.25, 0.3) is 10.6 Å². The van der Waals surface area contributed by atoms with Crippen LogP contribution >= 0.6 is 11.3 Å². The van der Waals surface area contributed by atoms with Crippen LogP contribution in [0.5, 0.6) is 0 Å². The van der Waals surface area contributed by atoms with Gasteiger partial charge in [0.25, 0.3) is 0 Å². The van der Waals surface area contributed by atoms with Crippen LogP contribution in [0.3, 0.4) is 0 Å². The second-order valence-electron chi connectivity index (χ2n) is 6.00. The minimum absolute atomic E-state index is 0.542. The number of rotatable bonds is 3. The first kappa shape index (κ1) is 14.6. The van der Waals surface area contributed by atoms with Gasteiger partial charge in [0.2, 0.25) is 0 Å². The summed E-state index contributed by atoms with van der Waals surface area (Å²) in [5, 5.41) is 0. The van der Waals surface area contributed by atoms with Gasteiger partial charge in [-0.05, 0) is 46.7 Å². The maximum atomic E-state index is 4.86. The molecule has 21 heavy (non-hydrogen) atoms. The second kappa shape index (κ2) is 6.20. The van der Waals surface area contributed by atoms with Crippen molar-refractivity contribution >= 4 is 11.3 Å². The molecule has 0 aromatic carbocycles. The molecule has 0 saturated carbocycles. The molecule has 1 saturated heterocycles. The molecule has 0 N–H and O–H groups in total. The standard InChI is InChI=1S/C16H22N4S/c1-11(2)20-6-4-13(5-7-20)14-8-17-9-15(19-14)16-12(3)18-10-21-16/h8-11,13H,4-7H2,1-3H3. The SMILES string of the molecule is Cc1ncsc1-c1cncc(C2CCN(C(C)C)CC2)n1. The van der Waals surface area contributed by atoms with Crippen molar-refractivity contribution in [3.63, 3.8) is 0 Å². The Morgan fingerprint density at radius 3 is 2.62 bits per heavy atom. The lowest BCUT2D eigenvalue weighted by Gasteiger charge is -2.34. The predicted molar refractivity (Wildman–Crippen MR) is 86.6 cm³/mol. The van der Waals surface area contributed by atoms with E-state index in [0.29, 0.717) is 12.0 Å². The Morgan fingerprint density at radius 1 is 1.24 bits per heavy atom. The van der Waals surface area contributed by atoms with Crippen LogP contribution in [0.1, 0.15) is 44.0 Å². The average molecular weight is 302 g/mol. The van der Waals surface area contributed by atoms with E-state index in [1.165, 1.54) is 12.8 Å². The summed E-state index contributed by atoms with van der Waals surface area (Å²) < 4.78 is 0. The number of piperidine rings is 1. The zero-order valence-corrected chi connectivity index (χ0v) is 13.7. The number of aryl methyl sites for hydroxylation is 1. The first-order chi connectivity index (χ1) is 10.1. The van der Waals surface area contributed by atoms with E-state index < -0.39 is 0 Å². The second-order valence-corrected chi connectivity index (χ2v) is 6.85. The van der Waals surface area contributed by atoms with Crippen LogP contribution in [0.4, 0.5) is 0 Å². The molecular formula is C16H22N4S. The van der Waals surface area contributed by atoms with Gasteiger partial charge in [0.15, 0.2) is 0 Å². The van der Waals surface area contributed by atoms with Crippen molar-refractivity contribution in [2.24, 2.45) is 0 Å². The fourth-order valence-corrected chi connectivity index (χ4v) is 3.71. The Bertz CT molecular complexity index is 600. The minimum Gasteiger partial charge on any atom is -0.301 e. The molecule has 2 aromatic heterocycles. The molecule has 112 valence electrons. The van der Waals surface area contributed by atoms with E-state index in [1.54, 1.807) is 11.3 Å². The summed E-state index contributed by atoms with van der Waals surface area (Å²) in [7, 11) is 0. The van der Waals surface area contributed by atoms with Gasteiger partial charge in [0.05, 0.1) is 28.0 Å². The highest BCUT2D eigenvalue weighted by Crippen LogP contribution is 2.30. The van der Waals surface area contributed by atoms with Gasteiger partial charge in [0, 0.05) is 18.2 Å². The Kier molecular flexibility index (Phi) is 4.31. The molecule has 0 bridgehead atoms. The molecule has 0 amide bonds. The van der Waals surface area contributed by atoms with Crippen molar-refractivity contribution in [3.8, 4) is 10.6 Å². The van der Waals surface area contributed by atoms with Gasteiger partial charge in [-0.1, -0.05) is 0 Å². The predicted octanol–water partition coefficient (Wildman–Crippen LogP) is 3.50. The summed E-state index contributed by atoms with van der Waals surface area (Å²) >= 11 is 1.64. The Balaban J connectivity index is 1.77. The van der Waals surface area contributed by atoms with Crippen LogP contribution in [0, 0.1) is 6.92 Å². The molecule has 4 nitrogen and oxygen atoms in total. The third kappa shape index (κ3) is 3.14. The normalized spacial score (nSPS) is 17.5. The Labute approximate surface area is 130 Å². The van der Waals surface area contributed by atoms with E-state index in [2.05, 4.69) is 28.7 Å². The molecule has 1 aliphatic heterocycles. The highest BCUT2D eigenvalue weighted by atomic mass is 32.1. The van der Waals surface area contributed by atoms with Crippen molar-refractivity contribution in [2.75, 3.05) is 13.1 Å². The molecule has 0 atom stereocenters. The third-order valence-electron chi connectivity index (χ3n) is 4.31. The van der Waals surface area contributed by atoms with Crippen LogP contribution in [0.15, 0.2) is 17.9 Å². The lowest BCUT2D eigenvalue weighted by molar-refractivity contribution is 0.170. The number of hydrogen-bond donors (Lipinski definition) is 0. The Hall–Kier alpha value is -1.33. The summed E-state index contributed by atoms with van der Waals surface area (Å²) in [5.41, 5.74) is 5.03. The number of hydrogen-bond acceptors (Lipinski definition) is 5. The van der Waals surface area contributed by atoms with E-state index in [-0.39, 0.29) is 0 Å². The molecule has 3 heterocycles. The van der Waals surface area contributed by atoms with E-state index in [1.807, 2.05) is 24.8 Å². The molecule has 3 rings (SSSR count). The molecule has 1 fully saturated rings. The van der Waals surface area contributed by atoms with Gasteiger partial charge in [-0.3, -0.25) is 4.98 Å². The van der Waals surface area contributed by atoms with E-state index in [4.69, 9.17) is 4.98 Å². The van der Waals surface area contributed by atoms with Crippen molar-refractivity contribution in [1.82, 2.24) is 19.9 Å². The summed E-state index contributed by atoms with van der Waals surface area (Å²) in [5.74, 6) is 0.542. The van der Waals surface area contributed by atoms with Gasteiger partial charge in [0.1, 0.15) is 5.69 Å². The van der Waals surface area contributed by atoms with Gasteiger partial charge >= 0.3 is 0 Å². The smallest absolute Gasteiger partial charge is 0.101 e. The number of thiazole rings is 1. The number of likely N-dealkylation sites (tertiary alicyclic amines) is 1. The highest BCUT2D eigenvalue weighted by molar-refractivity contribution is 7.13. The topological polar surface area (TPSA) is 41.9 Å². The third-order valence-corrected chi connectivity index (χ3v) is 5.26. The van der Waals surface area contributed by atoms with Gasteiger partial charge in [-0.2, -0.15) is 0 Å². The maximum Gasteiger partial charge on any atom is 0.101 e. The van der Waals surface area contributed by atoms with E-state index in [9.17, 15) is 0 Å². The van der Waals surface area contributed by atoms with Crippen molar-refractivity contribution in [2.45, 2.75) is 45.6 Å². The molecule has 0 aliphatic carbocycles. The van der Waals surface area contributed by atoms with E-state index in [0.717, 1.165) is 35.0 Å². The Morgan fingerprint density at radius 2 is 2.00 bits per heavy atom. The molecule has 2 aromatic rings. The van der Waals surface area contributed by atoms with Crippen molar-refractivity contribution in [3.05, 3.63) is 29.3 Å². The van der Waals surface area contributed by atoms with E-state index >= 15 is 0 Å². The molecular weight excluding hydrogens is 280 g/mol. The summed E-state index contributed by atoms with van der Waals surface area (Å²) in [4.78, 5) is 17.3. The minimum atomic E-state index is 0.542. The van der Waals surface area contributed by atoms with Crippen LogP contribution in [0.2, 0.25) is 0 Å². The maximum absolute atomic E-state index is 4.86. The van der Waals surface area contributed by atoms with Crippen LogP contribution in [-0.2, 0) is 0 Å².